The Morgan fingerprint density at radius 3 is 2.44 bits per heavy atom. The molecule has 1 atom stereocenters. The van der Waals surface area contributed by atoms with Crippen LogP contribution in [0.1, 0.15) is 12.0 Å². The quantitative estimate of drug-likeness (QED) is 0.726. The zero-order valence-corrected chi connectivity index (χ0v) is 10.4. The molecular weight excluding hydrogens is 242 g/mol. The molecule has 0 fully saturated rings. The summed E-state index contributed by atoms with van der Waals surface area (Å²) in [6.45, 7) is 1.26. The van der Waals surface area contributed by atoms with Gasteiger partial charge in [-0.1, -0.05) is 6.07 Å². The molecule has 0 aliphatic rings. The van der Waals surface area contributed by atoms with Gasteiger partial charge in [-0.15, -0.1) is 0 Å². The summed E-state index contributed by atoms with van der Waals surface area (Å²) in [6.07, 6.45) is -0.539. The van der Waals surface area contributed by atoms with Crippen molar-refractivity contribution in [3.05, 3.63) is 35.4 Å². The van der Waals surface area contributed by atoms with Gasteiger partial charge in [0.1, 0.15) is 11.6 Å². The number of halogens is 2. The highest BCUT2D eigenvalue weighted by molar-refractivity contribution is 5.20. The monoisotopic (exact) mass is 260 g/mol. The van der Waals surface area contributed by atoms with Gasteiger partial charge in [0.2, 0.25) is 0 Å². The summed E-state index contributed by atoms with van der Waals surface area (Å²) in [5.74, 6) is -1.26. The lowest BCUT2D eigenvalue weighted by atomic mass is 10.0. The van der Waals surface area contributed by atoms with Crippen LogP contribution in [0.2, 0.25) is 0 Å². The molecule has 18 heavy (non-hydrogen) atoms. The first-order chi connectivity index (χ1) is 8.65. The fraction of sp³-hybridized carbons (Fsp3) is 0.538. The Morgan fingerprint density at radius 1 is 1.17 bits per heavy atom. The molecule has 1 N–H and O–H groups in total. The Hall–Kier alpha value is -1.04. The van der Waals surface area contributed by atoms with Crippen LogP contribution in [0.4, 0.5) is 8.78 Å². The molecule has 0 saturated heterocycles. The van der Waals surface area contributed by atoms with E-state index in [4.69, 9.17) is 9.47 Å². The van der Waals surface area contributed by atoms with Crippen LogP contribution in [-0.4, -0.2) is 38.1 Å². The standard InChI is InChI=1S/C13H18F2O3/c1-17-7-8-18-6-5-10(16)9-11-12(14)3-2-4-13(11)15/h2-4,10,16H,5-9H2,1H3. The van der Waals surface area contributed by atoms with E-state index in [9.17, 15) is 13.9 Å². The molecule has 0 aliphatic heterocycles. The number of ether oxygens (including phenoxy) is 2. The van der Waals surface area contributed by atoms with Crippen molar-refractivity contribution < 1.29 is 23.4 Å². The van der Waals surface area contributed by atoms with E-state index in [2.05, 4.69) is 0 Å². The molecule has 0 radical (unpaired) electrons. The molecular formula is C13H18F2O3. The van der Waals surface area contributed by atoms with Crippen molar-refractivity contribution >= 4 is 0 Å². The van der Waals surface area contributed by atoms with Crippen LogP contribution in [0.25, 0.3) is 0 Å². The molecule has 1 aromatic carbocycles. The lowest BCUT2D eigenvalue weighted by molar-refractivity contribution is 0.0475. The minimum atomic E-state index is -0.820. The molecule has 102 valence electrons. The van der Waals surface area contributed by atoms with E-state index in [1.165, 1.54) is 18.2 Å². The minimum Gasteiger partial charge on any atom is -0.393 e. The largest absolute Gasteiger partial charge is 0.393 e. The van der Waals surface area contributed by atoms with Gasteiger partial charge >= 0.3 is 0 Å². The molecule has 1 rings (SSSR count). The Kier molecular flexibility index (Phi) is 6.78. The number of hydrogen-bond donors (Lipinski definition) is 1. The smallest absolute Gasteiger partial charge is 0.129 e. The van der Waals surface area contributed by atoms with Gasteiger partial charge in [-0.25, -0.2) is 8.78 Å². The molecule has 1 aromatic rings. The Morgan fingerprint density at radius 2 is 1.83 bits per heavy atom. The van der Waals surface area contributed by atoms with Crippen molar-refractivity contribution in [3.63, 3.8) is 0 Å². The highest BCUT2D eigenvalue weighted by Gasteiger charge is 2.13. The fourth-order valence-corrected chi connectivity index (χ4v) is 1.53. The van der Waals surface area contributed by atoms with Crippen LogP contribution < -0.4 is 0 Å². The molecule has 1 unspecified atom stereocenters. The van der Waals surface area contributed by atoms with Gasteiger partial charge in [-0.2, -0.15) is 0 Å². The summed E-state index contributed by atoms with van der Waals surface area (Å²) in [4.78, 5) is 0. The third-order valence-electron chi connectivity index (χ3n) is 2.53. The molecule has 0 spiro atoms. The first-order valence-electron chi connectivity index (χ1n) is 5.82. The van der Waals surface area contributed by atoms with E-state index in [1.807, 2.05) is 0 Å². The zero-order valence-electron chi connectivity index (χ0n) is 10.4. The Labute approximate surface area is 105 Å². The number of rotatable bonds is 8. The number of aliphatic hydroxyl groups excluding tert-OH is 1. The van der Waals surface area contributed by atoms with Gasteiger partial charge in [0.15, 0.2) is 0 Å². The summed E-state index contributed by atoms with van der Waals surface area (Å²) in [5, 5.41) is 9.66. The van der Waals surface area contributed by atoms with Crippen LogP contribution in [0.5, 0.6) is 0 Å². The lowest BCUT2D eigenvalue weighted by Gasteiger charge is -2.12. The van der Waals surface area contributed by atoms with E-state index >= 15 is 0 Å². The average Bonchev–Trinajstić information content (AvgIpc) is 2.34. The highest BCUT2D eigenvalue weighted by atomic mass is 19.1. The molecule has 5 heteroatoms. The van der Waals surface area contributed by atoms with Crippen molar-refractivity contribution in [1.82, 2.24) is 0 Å². The predicted octanol–water partition coefficient (Wildman–Crippen LogP) is 1.92. The second-order valence-electron chi connectivity index (χ2n) is 3.95. The third-order valence-corrected chi connectivity index (χ3v) is 2.53. The van der Waals surface area contributed by atoms with Gasteiger partial charge in [-0.3, -0.25) is 0 Å². The van der Waals surface area contributed by atoms with Gasteiger partial charge in [0.25, 0.3) is 0 Å². The topological polar surface area (TPSA) is 38.7 Å². The Bertz CT molecular complexity index is 338. The van der Waals surface area contributed by atoms with E-state index in [0.29, 0.717) is 26.2 Å². The molecule has 3 nitrogen and oxygen atoms in total. The summed E-state index contributed by atoms with van der Waals surface area (Å²) in [5.41, 5.74) is -0.0816. The van der Waals surface area contributed by atoms with Crippen LogP contribution in [0.3, 0.4) is 0 Å². The summed E-state index contributed by atoms with van der Waals surface area (Å²) < 4.78 is 36.6. The van der Waals surface area contributed by atoms with Crippen LogP contribution in [0.15, 0.2) is 18.2 Å². The predicted molar refractivity (Wildman–Crippen MR) is 63.4 cm³/mol. The average molecular weight is 260 g/mol. The van der Waals surface area contributed by atoms with Crippen molar-refractivity contribution in [2.75, 3.05) is 26.9 Å². The van der Waals surface area contributed by atoms with Gasteiger partial charge in [-0.05, 0) is 18.6 Å². The number of methoxy groups -OCH3 is 1. The van der Waals surface area contributed by atoms with Crippen molar-refractivity contribution in [3.8, 4) is 0 Å². The number of benzene rings is 1. The second-order valence-corrected chi connectivity index (χ2v) is 3.95. The molecule has 0 amide bonds. The first-order valence-corrected chi connectivity index (χ1v) is 5.82. The van der Waals surface area contributed by atoms with Crippen LogP contribution in [0, 0.1) is 11.6 Å². The van der Waals surface area contributed by atoms with E-state index in [0.717, 1.165) is 0 Å². The summed E-state index contributed by atoms with van der Waals surface area (Å²) in [7, 11) is 1.57. The SMILES string of the molecule is COCCOCCC(O)Cc1c(F)cccc1F. The van der Waals surface area contributed by atoms with Gasteiger partial charge < -0.3 is 14.6 Å². The third kappa shape index (κ3) is 5.08. The van der Waals surface area contributed by atoms with Crippen LogP contribution in [-0.2, 0) is 15.9 Å². The summed E-state index contributed by atoms with van der Waals surface area (Å²) >= 11 is 0. The number of aliphatic hydroxyl groups is 1. The second kappa shape index (κ2) is 8.13. The Balaban J connectivity index is 2.33. The molecule has 0 heterocycles. The maximum Gasteiger partial charge on any atom is 0.129 e. The van der Waals surface area contributed by atoms with Crippen molar-refractivity contribution in [2.24, 2.45) is 0 Å². The normalized spacial score (nSPS) is 12.7. The molecule has 0 aromatic heterocycles. The van der Waals surface area contributed by atoms with E-state index < -0.39 is 17.7 Å². The fourth-order valence-electron chi connectivity index (χ4n) is 1.53. The number of hydrogen-bond acceptors (Lipinski definition) is 3. The van der Waals surface area contributed by atoms with Gasteiger partial charge in [0, 0.05) is 25.7 Å². The first kappa shape index (κ1) is 15.0. The summed E-state index contributed by atoms with van der Waals surface area (Å²) in [6, 6.07) is 3.66. The molecule has 0 saturated carbocycles. The maximum absolute atomic E-state index is 13.3. The van der Waals surface area contributed by atoms with Gasteiger partial charge in [0.05, 0.1) is 19.3 Å². The maximum atomic E-state index is 13.3. The zero-order chi connectivity index (χ0) is 13.4. The molecule has 0 aliphatic carbocycles. The molecule has 0 bridgehead atoms. The van der Waals surface area contributed by atoms with Crippen molar-refractivity contribution in [1.29, 1.82) is 0 Å². The van der Waals surface area contributed by atoms with E-state index in [-0.39, 0.29) is 12.0 Å². The van der Waals surface area contributed by atoms with E-state index in [1.54, 1.807) is 7.11 Å². The van der Waals surface area contributed by atoms with Crippen molar-refractivity contribution in [2.45, 2.75) is 18.9 Å². The highest BCUT2D eigenvalue weighted by Crippen LogP contribution is 2.15. The van der Waals surface area contributed by atoms with Crippen LogP contribution >= 0.6 is 0 Å². The lowest BCUT2D eigenvalue weighted by Crippen LogP contribution is -2.16. The minimum absolute atomic E-state index is 0.0495.